The molecule has 0 aromatic carbocycles. The zero-order valence-corrected chi connectivity index (χ0v) is 14.6. The Morgan fingerprint density at radius 2 is 2.36 bits per heavy atom. The van der Waals surface area contributed by atoms with E-state index in [1.807, 2.05) is 17.8 Å². The first-order chi connectivity index (χ1) is 12.2. The van der Waals surface area contributed by atoms with Gasteiger partial charge >= 0.3 is 0 Å². The number of thiazole rings is 1. The molecule has 0 N–H and O–H groups in total. The maximum Gasteiger partial charge on any atom is 0.258 e. The lowest BCUT2D eigenvalue weighted by Crippen LogP contribution is -2.47. The molecule has 0 bridgehead atoms. The fourth-order valence-electron chi connectivity index (χ4n) is 3.76. The van der Waals surface area contributed by atoms with E-state index in [-0.39, 0.29) is 17.7 Å². The van der Waals surface area contributed by atoms with Gasteiger partial charge in [-0.3, -0.25) is 14.1 Å². The van der Waals surface area contributed by atoms with Crippen molar-refractivity contribution in [2.24, 2.45) is 0 Å². The molecule has 25 heavy (non-hydrogen) atoms. The molecule has 0 spiro atoms. The molecule has 2 atom stereocenters. The van der Waals surface area contributed by atoms with Crippen molar-refractivity contribution in [3.8, 4) is 0 Å². The minimum atomic E-state index is -0.0150. The topological polar surface area (TPSA) is 77.5 Å². The van der Waals surface area contributed by atoms with Crippen LogP contribution in [-0.4, -0.2) is 48.5 Å². The first-order valence-corrected chi connectivity index (χ1v) is 9.21. The number of likely N-dealkylation sites (tertiary alicyclic amines) is 1. The first kappa shape index (κ1) is 15.2. The maximum atomic E-state index is 12.3. The van der Waals surface area contributed by atoms with Gasteiger partial charge in [0.15, 0.2) is 4.96 Å². The van der Waals surface area contributed by atoms with E-state index in [4.69, 9.17) is 4.74 Å². The van der Waals surface area contributed by atoms with E-state index in [0.717, 1.165) is 40.7 Å². The van der Waals surface area contributed by atoms with E-state index in [0.29, 0.717) is 13.2 Å². The monoisotopic (exact) mass is 358 g/mol. The molecule has 8 nitrogen and oxygen atoms in total. The third-order valence-corrected chi connectivity index (χ3v) is 5.83. The Morgan fingerprint density at radius 1 is 1.44 bits per heavy atom. The lowest BCUT2D eigenvalue weighted by molar-refractivity contribution is -0.0671. The Bertz CT molecular complexity index is 992. The molecule has 3 aromatic heterocycles. The number of rotatable bonds is 2. The summed E-state index contributed by atoms with van der Waals surface area (Å²) < 4.78 is 9.56. The van der Waals surface area contributed by atoms with Crippen molar-refractivity contribution < 1.29 is 4.74 Å². The summed E-state index contributed by atoms with van der Waals surface area (Å²) in [6, 6.07) is 1.82. The number of nitrogens with zero attached hydrogens (tertiary/aromatic N) is 6. The van der Waals surface area contributed by atoms with E-state index in [2.05, 4.69) is 20.2 Å². The van der Waals surface area contributed by atoms with Crippen LogP contribution >= 0.6 is 11.3 Å². The summed E-state index contributed by atoms with van der Waals surface area (Å²) in [5.74, 6) is 0. The molecule has 0 amide bonds. The quantitative estimate of drug-likeness (QED) is 0.680. The Hall–Kier alpha value is -2.10. The summed E-state index contributed by atoms with van der Waals surface area (Å²) in [5, 5.41) is 8.24. The van der Waals surface area contributed by atoms with E-state index in [1.54, 1.807) is 28.0 Å². The summed E-state index contributed by atoms with van der Waals surface area (Å²) in [5.41, 5.74) is 1.83. The summed E-state index contributed by atoms with van der Waals surface area (Å²) in [4.78, 5) is 21.1. The second kappa shape index (κ2) is 5.72. The number of hydrogen-bond acceptors (Lipinski definition) is 7. The van der Waals surface area contributed by atoms with Crippen molar-refractivity contribution >= 4 is 16.3 Å². The molecule has 0 aliphatic carbocycles. The highest BCUT2D eigenvalue weighted by Gasteiger charge is 2.36. The Balaban J connectivity index is 1.40. The number of ether oxygens (including phenoxy) is 1. The third-order valence-electron chi connectivity index (χ3n) is 4.93. The first-order valence-electron chi connectivity index (χ1n) is 8.39. The van der Waals surface area contributed by atoms with E-state index in [1.165, 1.54) is 0 Å². The third kappa shape index (κ3) is 2.59. The highest BCUT2D eigenvalue weighted by Crippen LogP contribution is 2.30. The van der Waals surface area contributed by atoms with Gasteiger partial charge in [0.1, 0.15) is 0 Å². The maximum absolute atomic E-state index is 12.3. The van der Waals surface area contributed by atoms with Crippen LogP contribution in [0.3, 0.4) is 0 Å². The second-order valence-corrected chi connectivity index (χ2v) is 7.90. The fourth-order valence-corrected chi connectivity index (χ4v) is 4.61. The molecule has 130 valence electrons. The van der Waals surface area contributed by atoms with Gasteiger partial charge in [0.2, 0.25) is 0 Å². The van der Waals surface area contributed by atoms with Gasteiger partial charge in [0.25, 0.3) is 5.56 Å². The number of piperidine rings is 1. The van der Waals surface area contributed by atoms with Crippen molar-refractivity contribution in [1.29, 1.82) is 0 Å². The Morgan fingerprint density at radius 3 is 3.28 bits per heavy atom. The average Bonchev–Trinajstić information content (AvgIpc) is 3.21. The molecular weight excluding hydrogens is 340 g/mol. The summed E-state index contributed by atoms with van der Waals surface area (Å²) in [7, 11) is 0. The van der Waals surface area contributed by atoms with Crippen LogP contribution in [-0.2, 0) is 17.9 Å². The normalized spacial score (nSPS) is 23.6. The standard InChI is InChI=1S/C16H18N6O2S/c1-10-6-21-15(23)4-11(18-16(21)25-10)7-20-3-2-14-13(8-20)22-12(9-24-14)5-17-19-22/h4-6,13-14H,2-3,7-9H2,1H3/t13-,14-/m1/s1. The Labute approximate surface area is 147 Å². The fraction of sp³-hybridized carbons (Fsp3) is 0.500. The predicted molar refractivity (Wildman–Crippen MR) is 91.6 cm³/mol. The molecule has 2 aliphatic heterocycles. The minimum Gasteiger partial charge on any atom is -0.370 e. The van der Waals surface area contributed by atoms with Crippen molar-refractivity contribution in [3.63, 3.8) is 0 Å². The number of aryl methyl sites for hydroxylation is 1. The van der Waals surface area contributed by atoms with Gasteiger partial charge in [0, 0.05) is 36.8 Å². The van der Waals surface area contributed by atoms with Crippen molar-refractivity contribution in [3.05, 3.63) is 45.1 Å². The van der Waals surface area contributed by atoms with Crippen molar-refractivity contribution in [1.82, 2.24) is 29.3 Å². The molecule has 5 heterocycles. The van der Waals surface area contributed by atoms with Crippen LogP contribution < -0.4 is 5.56 Å². The summed E-state index contributed by atoms with van der Waals surface area (Å²) in [6.45, 7) is 4.99. The van der Waals surface area contributed by atoms with Gasteiger partial charge in [-0.25, -0.2) is 9.67 Å². The SMILES string of the molecule is Cc1cn2c(=O)cc(CN3CC[C@H]4OCc5cnnn5[C@@H]4C3)nc2s1. The van der Waals surface area contributed by atoms with Crippen molar-refractivity contribution in [2.75, 3.05) is 13.1 Å². The van der Waals surface area contributed by atoms with Gasteiger partial charge in [-0.05, 0) is 13.3 Å². The van der Waals surface area contributed by atoms with Gasteiger partial charge in [0.05, 0.1) is 36.3 Å². The number of aromatic nitrogens is 5. The van der Waals surface area contributed by atoms with Crippen LogP contribution in [0.15, 0.2) is 23.3 Å². The van der Waals surface area contributed by atoms with Crippen LogP contribution in [0.2, 0.25) is 0 Å². The van der Waals surface area contributed by atoms with Crippen LogP contribution in [0.4, 0.5) is 0 Å². The molecule has 3 aromatic rings. The van der Waals surface area contributed by atoms with E-state index >= 15 is 0 Å². The van der Waals surface area contributed by atoms with Gasteiger partial charge in [-0.1, -0.05) is 5.21 Å². The highest BCUT2D eigenvalue weighted by molar-refractivity contribution is 7.16. The summed E-state index contributed by atoms with van der Waals surface area (Å²) in [6.07, 6.45) is 4.75. The Kier molecular flexibility index (Phi) is 3.47. The molecule has 5 rings (SSSR count). The van der Waals surface area contributed by atoms with E-state index in [9.17, 15) is 4.79 Å². The molecule has 0 radical (unpaired) electrons. The molecule has 0 unspecified atom stereocenters. The van der Waals surface area contributed by atoms with Crippen molar-refractivity contribution in [2.45, 2.75) is 38.6 Å². The lowest BCUT2D eigenvalue weighted by atomic mass is 10.0. The molecule has 1 fully saturated rings. The minimum absolute atomic E-state index is 0.0150. The predicted octanol–water partition coefficient (Wildman–Crippen LogP) is 1.00. The smallest absolute Gasteiger partial charge is 0.258 e. The second-order valence-electron chi connectivity index (χ2n) is 6.69. The molecule has 2 aliphatic rings. The summed E-state index contributed by atoms with van der Waals surface area (Å²) >= 11 is 1.54. The van der Waals surface area contributed by atoms with E-state index < -0.39 is 0 Å². The van der Waals surface area contributed by atoms with Gasteiger partial charge in [-0.2, -0.15) is 0 Å². The van der Waals surface area contributed by atoms with Gasteiger partial charge in [-0.15, -0.1) is 16.4 Å². The highest BCUT2D eigenvalue weighted by atomic mass is 32.1. The van der Waals surface area contributed by atoms with Crippen LogP contribution in [0.1, 0.15) is 28.7 Å². The zero-order valence-electron chi connectivity index (χ0n) is 13.8. The molecule has 9 heteroatoms. The molecule has 0 saturated carbocycles. The zero-order chi connectivity index (χ0) is 17.0. The number of fused-ring (bicyclic) bond motifs is 4. The number of hydrogen-bond donors (Lipinski definition) is 0. The molecule has 1 saturated heterocycles. The van der Waals surface area contributed by atoms with Crippen LogP contribution in [0.25, 0.3) is 4.96 Å². The van der Waals surface area contributed by atoms with Crippen LogP contribution in [0, 0.1) is 6.92 Å². The largest absolute Gasteiger partial charge is 0.370 e. The van der Waals surface area contributed by atoms with Gasteiger partial charge < -0.3 is 4.74 Å². The lowest BCUT2D eigenvalue weighted by Gasteiger charge is -2.40. The van der Waals surface area contributed by atoms with Crippen LogP contribution in [0.5, 0.6) is 0 Å². The average molecular weight is 358 g/mol. The molecular formula is C16H18N6O2S.